The van der Waals surface area contributed by atoms with Crippen molar-refractivity contribution in [2.75, 3.05) is 37.7 Å². The van der Waals surface area contributed by atoms with Gasteiger partial charge in [0.1, 0.15) is 5.82 Å². The van der Waals surface area contributed by atoms with Gasteiger partial charge in [0.15, 0.2) is 9.84 Å². The third-order valence-corrected chi connectivity index (χ3v) is 7.44. The first-order valence-corrected chi connectivity index (χ1v) is 11.2. The van der Waals surface area contributed by atoms with E-state index in [4.69, 9.17) is 0 Å². The molecule has 8 heteroatoms. The van der Waals surface area contributed by atoms with Crippen molar-refractivity contribution in [3.8, 4) is 0 Å². The number of rotatable bonds is 4. The summed E-state index contributed by atoms with van der Waals surface area (Å²) in [5.74, 6) is 0.339. The molecule has 4 rings (SSSR count). The second kappa shape index (κ2) is 7.24. The average Bonchev–Trinajstić information content (AvgIpc) is 3.22. The summed E-state index contributed by atoms with van der Waals surface area (Å²) in [5.41, 5.74) is 0.801. The molecule has 0 saturated carbocycles. The first-order chi connectivity index (χ1) is 12.9. The van der Waals surface area contributed by atoms with Crippen molar-refractivity contribution in [2.45, 2.75) is 25.4 Å². The van der Waals surface area contributed by atoms with Crippen LogP contribution in [0, 0.1) is 5.82 Å². The van der Waals surface area contributed by atoms with Crippen molar-refractivity contribution in [2.24, 2.45) is 0 Å². The summed E-state index contributed by atoms with van der Waals surface area (Å²) < 4.78 is 38.7. The topological polar surface area (TPSA) is 62.6 Å². The number of carbonyl (C=O) groups excluding carboxylic acids is 1. The van der Waals surface area contributed by atoms with Gasteiger partial charge in [-0.3, -0.25) is 9.69 Å². The number of aromatic nitrogens is 1. The smallest absolute Gasteiger partial charge is 0.224 e. The third kappa shape index (κ3) is 4.01. The highest BCUT2D eigenvalue weighted by molar-refractivity contribution is 7.91. The van der Waals surface area contributed by atoms with Gasteiger partial charge >= 0.3 is 0 Å². The van der Waals surface area contributed by atoms with Gasteiger partial charge in [-0.25, -0.2) is 12.8 Å². The molecular weight excluding hydrogens is 369 g/mol. The summed E-state index contributed by atoms with van der Waals surface area (Å²) in [4.78, 5) is 16.6. The van der Waals surface area contributed by atoms with Crippen molar-refractivity contribution in [3.05, 3.63) is 36.3 Å². The normalized spacial score (nSPS) is 23.1. The number of aryl methyl sites for hydroxylation is 1. The van der Waals surface area contributed by atoms with E-state index in [9.17, 15) is 17.6 Å². The molecule has 6 nitrogen and oxygen atoms in total. The van der Waals surface area contributed by atoms with Crippen molar-refractivity contribution < 1.29 is 17.6 Å². The van der Waals surface area contributed by atoms with Gasteiger partial charge in [0, 0.05) is 51.4 Å². The summed E-state index contributed by atoms with van der Waals surface area (Å²) in [6.45, 7) is 3.24. The minimum atomic E-state index is -2.88. The molecule has 0 N–H and O–H groups in total. The summed E-state index contributed by atoms with van der Waals surface area (Å²) in [6.07, 6.45) is 2.96. The molecule has 0 spiro atoms. The Morgan fingerprint density at radius 3 is 2.63 bits per heavy atom. The van der Waals surface area contributed by atoms with E-state index in [0.29, 0.717) is 32.5 Å². The molecule has 2 saturated heterocycles. The molecule has 1 aromatic carbocycles. The van der Waals surface area contributed by atoms with Gasteiger partial charge in [0.25, 0.3) is 0 Å². The van der Waals surface area contributed by atoms with Crippen LogP contribution in [-0.2, 0) is 21.2 Å². The summed E-state index contributed by atoms with van der Waals surface area (Å²) >= 11 is 0. The minimum Gasteiger partial charge on any atom is -0.347 e. The van der Waals surface area contributed by atoms with Crippen LogP contribution in [0.1, 0.15) is 12.8 Å². The fourth-order valence-corrected chi connectivity index (χ4v) is 5.89. The van der Waals surface area contributed by atoms with Crippen molar-refractivity contribution in [1.82, 2.24) is 14.4 Å². The zero-order chi connectivity index (χ0) is 19.0. The van der Waals surface area contributed by atoms with Crippen LogP contribution in [0.4, 0.5) is 4.39 Å². The summed E-state index contributed by atoms with van der Waals surface area (Å²) in [7, 11) is -2.88. The summed E-state index contributed by atoms with van der Waals surface area (Å²) in [5, 5.41) is 0.962. The number of piperazine rings is 1. The second-order valence-electron chi connectivity index (χ2n) is 7.44. The first-order valence-electron chi connectivity index (χ1n) is 9.38. The highest BCUT2D eigenvalue weighted by atomic mass is 32.2. The lowest BCUT2D eigenvalue weighted by Crippen LogP contribution is -2.52. The maximum Gasteiger partial charge on any atom is 0.224 e. The number of fused-ring (bicyclic) bond motifs is 1. The second-order valence-corrected chi connectivity index (χ2v) is 9.66. The monoisotopic (exact) mass is 393 g/mol. The number of amides is 1. The molecule has 2 aromatic rings. The number of benzene rings is 1. The number of carbonyl (C=O) groups is 1. The Morgan fingerprint density at radius 2 is 1.93 bits per heavy atom. The van der Waals surface area contributed by atoms with E-state index in [2.05, 4.69) is 4.90 Å². The van der Waals surface area contributed by atoms with Crippen LogP contribution in [0.25, 0.3) is 10.9 Å². The molecule has 0 bridgehead atoms. The van der Waals surface area contributed by atoms with Crippen molar-refractivity contribution in [3.63, 3.8) is 0 Å². The zero-order valence-electron chi connectivity index (χ0n) is 15.2. The van der Waals surface area contributed by atoms with E-state index in [1.807, 2.05) is 21.7 Å². The Balaban J connectivity index is 1.30. The van der Waals surface area contributed by atoms with E-state index in [1.165, 1.54) is 12.1 Å². The largest absolute Gasteiger partial charge is 0.347 e. The standard InChI is InChI=1S/C19H24FN3O3S/c20-16-2-1-15-3-6-22(18(15)13-16)7-4-19(24)23-10-8-21(9-11-23)17-5-12-27(25,26)14-17/h1-3,6,13,17H,4-5,7-12,14H2/t17-/m0/s1. The maximum atomic E-state index is 13.5. The van der Waals surface area contributed by atoms with Crippen LogP contribution < -0.4 is 0 Å². The van der Waals surface area contributed by atoms with Gasteiger partial charge in [-0.2, -0.15) is 0 Å². The first kappa shape index (κ1) is 18.4. The number of hydrogen-bond donors (Lipinski definition) is 0. The van der Waals surface area contributed by atoms with E-state index in [0.717, 1.165) is 24.0 Å². The molecule has 2 fully saturated rings. The highest BCUT2D eigenvalue weighted by Gasteiger charge is 2.34. The number of nitrogens with zero attached hydrogens (tertiary/aromatic N) is 3. The van der Waals surface area contributed by atoms with Gasteiger partial charge in [-0.05, 0) is 36.1 Å². The molecule has 1 atom stereocenters. The van der Waals surface area contributed by atoms with Crippen LogP contribution in [0.3, 0.4) is 0 Å². The van der Waals surface area contributed by atoms with Crippen molar-refractivity contribution in [1.29, 1.82) is 0 Å². The quantitative estimate of drug-likeness (QED) is 0.790. The molecule has 3 heterocycles. The van der Waals surface area contributed by atoms with E-state index < -0.39 is 9.84 Å². The Morgan fingerprint density at radius 1 is 1.15 bits per heavy atom. The van der Waals surface area contributed by atoms with Gasteiger partial charge < -0.3 is 9.47 Å². The van der Waals surface area contributed by atoms with Gasteiger partial charge in [-0.15, -0.1) is 0 Å². The van der Waals surface area contributed by atoms with Crippen LogP contribution in [0.15, 0.2) is 30.5 Å². The Kier molecular flexibility index (Phi) is 4.94. The molecule has 0 radical (unpaired) electrons. The van der Waals surface area contributed by atoms with Crippen LogP contribution in [0.2, 0.25) is 0 Å². The number of hydrogen-bond acceptors (Lipinski definition) is 4. The van der Waals surface area contributed by atoms with Crippen LogP contribution in [0.5, 0.6) is 0 Å². The molecular formula is C19H24FN3O3S. The lowest BCUT2D eigenvalue weighted by atomic mass is 10.2. The van der Waals surface area contributed by atoms with Crippen molar-refractivity contribution >= 4 is 26.6 Å². The molecule has 0 unspecified atom stereocenters. The lowest BCUT2D eigenvalue weighted by Gasteiger charge is -2.37. The van der Waals surface area contributed by atoms with E-state index >= 15 is 0 Å². The van der Waals surface area contributed by atoms with E-state index in [1.54, 1.807) is 6.07 Å². The Labute approximate surface area is 158 Å². The highest BCUT2D eigenvalue weighted by Crippen LogP contribution is 2.20. The lowest BCUT2D eigenvalue weighted by molar-refractivity contribution is -0.133. The third-order valence-electron chi connectivity index (χ3n) is 5.69. The molecule has 2 aliphatic heterocycles. The Bertz CT molecular complexity index is 948. The predicted octanol–water partition coefficient (Wildman–Crippen LogP) is 1.50. The average molecular weight is 393 g/mol. The molecule has 27 heavy (non-hydrogen) atoms. The van der Waals surface area contributed by atoms with E-state index in [-0.39, 0.29) is 29.3 Å². The molecule has 1 amide bonds. The zero-order valence-corrected chi connectivity index (χ0v) is 16.0. The SMILES string of the molecule is O=C(CCn1ccc2ccc(F)cc21)N1CCN([C@H]2CCS(=O)(=O)C2)CC1. The van der Waals surface area contributed by atoms with Crippen LogP contribution >= 0.6 is 0 Å². The van der Waals surface area contributed by atoms with Crippen LogP contribution in [-0.4, -0.2) is 72.4 Å². The molecule has 146 valence electrons. The Hall–Kier alpha value is -1.93. The number of sulfone groups is 1. The molecule has 2 aliphatic rings. The molecule has 0 aliphatic carbocycles. The minimum absolute atomic E-state index is 0.0898. The maximum absolute atomic E-state index is 13.5. The fourth-order valence-electron chi connectivity index (χ4n) is 4.13. The summed E-state index contributed by atoms with van der Waals surface area (Å²) in [6, 6.07) is 6.70. The number of halogens is 1. The van der Waals surface area contributed by atoms with Gasteiger partial charge in [0.05, 0.1) is 17.0 Å². The van der Waals surface area contributed by atoms with Gasteiger partial charge in [-0.1, -0.05) is 0 Å². The fraction of sp³-hybridized carbons (Fsp3) is 0.526. The van der Waals surface area contributed by atoms with Gasteiger partial charge in [0.2, 0.25) is 5.91 Å². The molecule has 1 aromatic heterocycles. The predicted molar refractivity (Wildman–Crippen MR) is 102 cm³/mol.